The summed E-state index contributed by atoms with van der Waals surface area (Å²) in [4.78, 5) is 31.7. The van der Waals surface area contributed by atoms with Gasteiger partial charge in [-0.1, -0.05) is 5.16 Å². The molecule has 3 saturated carbocycles. The standard InChI is InChI=1S/C26H28F4N8O3/c27-25(28)5-3-15(4-6-25)20(34-23(39)22-21(14-1-2-14)35-41-36-22)18-12-38-19(33-18)7-13(8-32-38)10-37-11-17-16(26(17,29)30)9-31-24(37)40/h7-8,12,14-17,20H,1-6,9-11H2,(H,31,40)(H,34,39)/t16-,17+,20-/m0/s1. The number of carbonyl (C=O) groups excluding carboxylic acids is 2. The average molecular weight is 577 g/mol. The number of fused-ring (bicyclic) bond motifs is 2. The van der Waals surface area contributed by atoms with Gasteiger partial charge >= 0.3 is 6.03 Å². The van der Waals surface area contributed by atoms with Gasteiger partial charge < -0.3 is 15.5 Å². The van der Waals surface area contributed by atoms with Gasteiger partial charge in [-0.25, -0.2) is 36.5 Å². The minimum absolute atomic E-state index is 0.0549. The van der Waals surface area contributed by atoms with Gasteiger partial charge in [-0.3, -0.25) is 4.79 Å². The van der Waals surface area contributed by atoms with Crippen molar-refractivity contribution in [3.05, 3.63) is 41.1 Å². The summed E-state index contributed by atoms with van der Waals surface area (Å²) in [5.74, 6) is -7.94. The Labute approximate surface area is 231 Å². The summed E-state index contributed by atoms with van der Waals surface area (Å²) in [6, 6.07) is 0.581. The minimum Gasteiger partial charge on any atom is -0.342 e. The van der Waals surface area contributed by atoms with Crippen molar-refractivity contribution < 1.29 is 31.8 Å². The first-order valence-electron chi connectivity index (χ1n) is 13.8. The Morgan fingerprint density at radius 1 is 1.15 bits per heavy atom. The zero-order valence-electron chi connectivity index (χ0n) is 21.9. The van der Waals surface area contributed by atoms with E-state index < -0.39 is 41.7 Å². The number of nitrogens with zero attached hydrogens (tertiary/aromatic N) is 6. The molecule has 1 saturated heterocycles. The third-order valence-corrected chi connectivity index (χ3v) is 8.84. The van der Waals surface area contributed by atoms with Crippen molar-refractivity contribution in [1.82, 2.24) is 40.4 Å². The molecule has 0 aromatic carbocycles. The smallest absolute Gasteiger partial charge is 0.317 e. The number of carbonyl (C=O) groups is 2. The van der Waals surface area contributed by atoms with Crippen molar-refractivity contribution in [3.63, 3.8) is 0 Å². The second kappa shape index (κ2) is 9.38. The van der Waals surface area contributed by atoms with Crippen molar-refractivity contribution >= 4 is 17.6 Å². The molecule has 11 nitrogen and oxygen atoms in total. The summed E-state index contributed by atoms with van der Waals surface area (Å²) >= 11 is 0. The zero-order chi connectivity index (χ0) is 28.5. The molecule has 41 heavy (non-hydrogen) atoms. The van der Waals surface area contributed by atoms with Crippen LogP contribution < -0.4 is 10.6 Å². The summed E-state index contributed by atoms with van der Waals surface area (Å²) in [5, 5.41) is 17.6. The van der Waals surface area contributed by atoms with Gasteiger partial charge in [0.15, 0.2) is 11.3 Å². The molecule has 3 aromatic heterocycles. The summed E-state index contributed by atoms with van der Waals surface area (Å²) in [6.45, 7) is -0.0486. The van der Waals surface area contributed by atoms with Crippen LogP contribution in [-0.4, -0.2) is 66.7 Å². The lowest BCUT2D eigenvalue weighted by atomic mass is 9.81. The number of urea groups is 1. The number of alkyl halides is 4. The third-order valence-electron chi connectivity index (χ3n) is 8.84. The van der Waals surface area contributed by atoms with Gasteiger partial charge in [-0.05, 0) is 48.4 Å². The fourth-order valence-corrected chi connectivity index (χ4v) is 6.16. The van der Waals surface area contributed by atoms with Gasteiger partial charge in [0.1, 0.15) is 5.69 Å². The first-order chi connectivity index (χ1) is 19.6. The van der Waals surface area contributed by atoms with E-state index in [4.69, 9.17) is 4.63 Å². The van der Waals surface area contributed by atoms with Crippen LogP contribution in [0.4, 0.5) is 22.4 Å². The normalized spacial score (nSPS) is 26.2. The molecule has 4 heterocycles. The highest BCUT2D eigenvalue weighted by Crippen LogP contribution is 2.55. The van der Waals surface area contributed by atoms with E-state index in [-0.39, 0.29) is 62.8 Å². The monoisotopic (exact) mass is 576 g/mol. The van der Waals surface area contributed by atoms with Crippen molar-refractivity contribution in [2.45, 2.75) is 68.9 Å². The van der Waals surface area contributed by atoms with Crippen molar-refractivity contribution in [2.24, 2.45) is 17.8 Å². The van der Waals surface area contributed by atoms with Gasteiger partial charge in [0.25, 0.3) is 11.8 Å². The Kier molecular flexibility index (Phi) is 5.98. The zero-order valence-corrected chi connectivity index (χ0v) is 21.9. The molecule has 1 aliphatic heterocycles. The second-order valence-electron chi connectivity index (χ2n) is 11.7. The van der Waals surface area contributed by atoms with E-state index in [2.05, 4.69) is 31.0 Å². The fraction of sp³-hybridized carbons (Fsp3) is 0.615. The van der Waals surface area contributed by atoms with E-state index in [9.17, 15) is 27.2 Å². The first-order valence-corrected chi connectivity index (χ1v) is 13.8. The number of imidazole rings is 1. The van der Waals surface area contributed by atoms with E-state index in [1.165, 1.54) is 15.6 Å². The molecule has 0 bridgehead atoms. The van der Waals surface area contributed by atoms with E-state index in [0.717, 1.165) is 12.8 Å². The molecule has 7 rings (SSSR count). The summed E-state index contributed by atoms with van der Waals surface area (Å²) < 4.78 is 62.2. The molecular weight excluding hydrogens is 548 g/mol. The number of hydrogen-bond acceptors (Lipinski definition) is 7. The molecule has 4 fully saturated rings. The van der Waals surface area contributed by atoms with Crippen LogP contribution in [0.2, 0.25) is 0 Å². The molecule has 0 unspecified atom stereocenters. The highest BCUT2D eigenvalue weighted by atomic mass is 19.3. The van der Waals surface area contributed by atoms with E-state index in [1.807, 2.05) is 0 Å². The van der Waals surface area contributed by atoms with Crippen LogP contribution in [0.15, 0.2) is 23.1 Å². The Balaban J connectivity index is 1.14. The third kappa shape index (κ3) is 4.88. The molecular formula is C26H28F4N8O3. The lowest BCUT2D eigenvalue weighted by Crippen LogP contribution is -2.40. The number of halogens is 4. The predicted octanol–water partition coefficient (Wildman–Crippen LogP) is 3.69. The Morgan fingerprint density at radius 2 is 1.93 bits per heavy atom. The quantitative estimate of drug-likeness (QED) is 0.410. The van der Waals surface area contributed by atoms with Gasteiger partial charge in [0.2, 0.25) is 5.92 Å². The number of rotatable bonds is 7. The van der Waals surface area contributed by atoms with Gasteiger partial charge in [0, 0.05) is 38.4 Å². The summed E-state index contributed by atoms with van der Waals surface area (Å²) in [5.41, 5.74) is 2.01. The molecule has 3 amide bonds. The maximum absolute atomic E-state index is 14.0. The van der Waals surface area contributed by atoms with Crippen molar-refractivity contribution in [2.75, 3.05) is 13.1 Å². The Hall–Kier alpha value is -3.78. The molecule has 3 aromatic rings. The SMILES string of the molecule is O=C(N[C@H](c1cn2ncc(CN3C[C@@H]4[C@H](CNC3=O)C4(F)F)cc2n1)C1CCC(F)(F)CC1)c1nonc1C1CC1. The van der Waals surface area contributed by atoms with E-state index >= 15 is 0 Å². The van der Waals surface area contributed by atoms with E-state index in [1.54, 1.807) is 12.3 Å². The summed E-state index contributed by atoms with van der Waals surface area (Å²) in [6.07, 6.45) is 4.72. The molecule has 3 aliphatic carbocycles. The van der Waals surface area contributed by atoms with Crippen LogP contribution in [0.1, 0.15) is 77.9 Å². The molecule has 3 atom stereocenters. The topological polar surface area (TPSA) is 131 Å². The molecule has 218 valence electrons. The van der Waals surface area contributed by atoms with Crippen LogP contribution in [0, 0.1) is 17.8 Å². The number of nitrogens with one attached hydrogen (secondary N) is 2. The van der Waals surface area contributed by atoms with Crippen LogP contribution in [0.3, 0.4) is 0 Å². The lowest BCUT2D eigenvalue weighted by Gasteiger charge is -2.33. The molecule has 0 radical (unpaired) electrons. The first kappa shape index (κ1) is 26.1. The molecule has 0 spiro atoms. The molecule has 2 N–H and O–H groups in total. The van der Waals surface area contributed by atoms with Crippen LogP contribution in [-0.2, 0) is 6.54 Å². The van der Waals surface area contributed by atoms with Crippen LogP contribution in [0.25, 0.3) is 5.65 Å². The highest BCUT2D eigenvalue weighted by Gasteiger charge is 2.69. The van der Waals surface area contributed by atoms with Crippen LogP contribution in [0.5, 0.6) is 0 Å². The van der Waals surface area contributed by atoms with Gasteiger partial charge in [-0.15, -0.1) is 0 Å². The summed E-state index contributed by atoms with van der Waals surface area (Å²) in [7, 11) is 0. The van der Waals surface area contributed by atoms with Crippen LogP contribution >= 0.6 is 0 Å². The van der Waals surface area contributed by atoms with Crippen molar-refractivity contribution in [3.8, 4) is 0 Å². The largest absolute Gasteiger partial charge is 0.342 e. The highest BCUT2D eigenvalue weighted by molar-refractivity contribution is 5.93. The number of amides is 3. The second-order valence-corrected chi connectivity index (χ2v) is 11.7. The van der Waals surface area contributed by atoms with Gasteiger partial charge in [-0.2, -0.15) is 5.10 Å². The molecule has 4 aliphatic rings. The molecule has 15 heteroatoms. The van der Waals surface area contributed by atoms with Crippen molar-refractivity contribution in [1.29, 1.82) is 0 Å². The fourth-order valence-electron chi connectivity index (χ4n) is 6.16. The Morgan fingerprint density at radius 3 is 2.68 bits per heavy atom. The lowest BCUT2D eigenvalue weighted by molar-refractivity contribution is -0.0495. The van der Waals surface area contributed by atoms with Gasteiger partial charge in [0.05, 0.1) is 36.0 Å². The number of hydrogen-bond donors (Lipinski definition) is 2. The predicted molar refractivity (Wildman–Crippen MR) is 132 cm³/mol. The van der Waals surface area contributed by atoms with E-state index in [0.29, 0.717) is 22.6 Å². The Bertz CT molecular complexity index is 1490. The average Bonchev–Trinajstić information content (AvgIpc) is 3.73. The maximum atomic E-state index is 14.0. The number of aromatic nitrogens is 5. The minimum atomic E-state index is -2.78. The maximum Gasteiger partial charge on any atom is 0.317 e.